The predicted molar refractivity (Wildman–Crippen MR) is 73.1 cm³/mol. The summed E-state index contributed by atoms with van der Waals surface area (Å²) in [5.74, 6) is 0. The predicted octanol–water partition coefficient (Wildman–Crippen LogP) is 4.25. The fourth-order valence-electron chi connectivity index (χ4n) is 1.99. The molecule has 2 heteroatoms. The molecular weight excluding hydrogens is 208 g/mol. The maximum Gasteiger partial charge on any atom is 0.102 e. The van der Waals surface area contributed by atoms with Gasteiger partial charge in [-0.1, -0.05) is 38.8 Å². The molecule has 0 aliphatic rings. The second-order valence-corrected chi connectivity index (χ2v) is 4.50. The van der Waals surface area contributed by atoms with Crippen LogP contribution in [0.5, 0.6) is 0 Å². The summed E-state index contributed by atoms with van der Waals surface area (Å²) in [6, 6.07) is 8.75. The van der Waals surface area contributed by atoms with Gasteiger partial charge in [-0.15, -0.1) is 0 Å². The molecule has 0 saturated carbocycles. The molecule has 0 aromatic heterocycles. The summed E-state index contributed by atoms with van der Waals surface area (Å²) >= 11 is 0. The highest BCUT2D eigenvalue weighted by Crippen LogP contribution is 2.21. The Balaban J connectivity index is 2.79. The summed E-state index contributed by atoms with van der Waals surface area (Å²) in [5.41, 5.74) is 2.81. The minimum atomic E-state index is 0.476. The molecule has 0 amide bonds. The first-order valence-electron chi connectivity index (χ1n) is 6.49. The fourth-order valence-corrected chi connectivity index (χ4v) is 1.99. The van der Waals surface area contributed by atoms with E-state index >= 15 is 0 Å². The quantitative estimate of drug-likeness (QED) is 0.793. The zero-order valence-electron chi connectivity index (χ0n) is 11.1. The first-order valence-corrected chi connectivity index (χ1v) is 6.49. The lowest BCUT2D eigenvalue weighted by atomic mass is 10.0. The number of unbranched alkanes of at least 4 members (excludes halogenated alkanes) is 1. The van der Waals surface area contributed by atoms with E-state index in [2.05, 4.69) is 25.2 Å². The monoisotopic (exact) mass is 230 g/mol. The van der Waals surface area contributed by atoms with Gasteiger partial charge in [-0.3, -0.25) is 0 Å². The number of anilines is 1. The molecule has 1 unspecified atom stereocenters. The van der Waals surface area contributed by atoms with Crippen LogP contribution in [0.15, 0.2) is 18.2 Å². The van der Waals surface area contributed by atoms with Crippen molar-refractivity contribution in [2.24, 2.45) is 0 Å². The van der Waals surface area contributed by atoms with Crippen LogP contribution in [0.3, 0.4) is 0 Å². The van der Waals surface area contributed by atoms with Crippen LogP contribution in [0, 0.1) is 18.3 Å². The average molecular weight is 230 g/mol. The molecule has 1 rings (SSSR count). The van der Waals surface area contributed by atoms with Gasteiger partial charge in [0, 0.05) is 6.04 Å². The van der Waals surface area contributed by atoms with Crippen molar-refractivity contribution in [3.05, 3.63) is 29.3 Å². The lowest BCUT2D eigenvalue weighted by Gasteiger charge is -2.19. The number of rotatable bonds is 6. The Labute approximate surface area is 105 Å². The van der Waals surface area contributed by atoms with Gasteiger partial charge in [-0.05, 0) is 31.4 Å². The highest BCUT2D eigenvalue weighted by Gasteiger charge is 2.09. The molecule has 0 radical (unpaired) electrons. The number of nitrogens with one attached hydrogen (secondary N) is 1. The van der Waals surface area contributed by atoms with E-state index in [1.807, 2.05) is 25.1 Å². The first-order chi connectivity index (χ1) is 8.22. The number of hydrogen-bond donors (Lipinski definition) is 1. The molecule has 0 fully saturated rings. The van der Waals surface area contributed by atoms with E-state index in [1.165, 1.54) is 19.3 Å². The standard InChI is InChI=1S/C15H22N2/c1-4-6-9-13(5-2)17-15-10-7-8-12(3)14(15)11-16/h7-8,10,13,17H,4-6,9H2,1-3H3. The summed E-state index contributed by atoms with van der Waals surface area (Å²) in [4.78, 5) is 0. The van der Waals surface area contributed by atoms with Crippen LogP contribution < -0.4 is 5.32 Å². The van der Waals surface area contributed by atoms with Crippen molar-refractivity contribution in [3.8, 4) is 6.07 Å². The van der Waals surface area contributed by atoms with Crippen LogP contribution in [0.25, 0.3) is 0 Å². The van der Waals surface area contributed by atoms with Crippen molar-refractivity contribution in [1.82, 2.24) is 0 Å². The lowest BCUT2D eigenvalue weighted by Crippen LogP contribution is -2.19. The van der Waals surface area contributed by atoms with Gasteiger partial charge in [0.25, 0.3) is 0 Å². The topological polar surface area (TPSA) is 35.8 Å². The van der Waals surface area contributed by atoms with Crippen molar-refractivity contribution in [3.63, 3.8) is 0 Å². The smallest absolute Gasteiger partial charge is 0.102 e. The van der Waals surface area contributed by atoms with Gasteiger partial charge in [0.1, 0.15) is 6.07 Å². The van der Waals surface area contributed by atoms with Crippen LogP contribution in [0.4, 0.5) is 5.69 Å². The molecule has 17 heavy (non-hydrogen) atoms. The number of hydrogen-bond acceptors (Lipinski definition) is 2. The van der Waals surface area contributed by atoms with Gasteiger partial charge in [0.15, 0.2) is 0 Å². The third-order valence-corrected chi connectivity index (χ3v) is 3.14. The van der Waals surface area contributed by atoms with Crippen molar-refractivity contribution < 1.29 is 0 Å². The lowest BCUT2D eigenvalue weighted by molar-refractivity contribution is 0.593. The van der Waals surface area contributed by atoms with E-state index in [9.17, 15) is 5.26 Å². The minimum Gasteiger partial charge on any atom is -0.381 e. The van der Waals surface area contributed by atoms with Crippen molar-refractivity contribution in [1.29, 1.82) is 5.26 Å². The number of benzene rings is 1. The largest absolute Gasteiger partial charge is 0.381 e. The Morgan fingerprint density at radius 1 is 1.35 bits per heavy atom. The third-order valence-electron chi connectivity index (χ3n) is 3.14. The summed E-state index contributed by atoms with van der Waals surface area (Å²) in [6.07, 6.45) is 4.72. The minimum absolute atomic E-state index is 0.476. The SMILES string of the molecule is CCCCC(CC)Nc1cccc(C)c1C#N. The number of aryl methyl sites for hydroxylation is 1. The molecule has 1 aromatic rings. The van der Waals surface area contributed by atoms with E-state index in [1.54, 1.807) is 0 Å². The van der Waals surface area contributed by atoms with Crippen LogP contribution in [-0.4, -0.2) is 6.04 Å². The normalized spacial score (nSPS) is 11.9. The molecule has 0 aliphatic carbocycles. The Hall–Kier alpha value is -1.49. The van der Waals surface area contributed by atoms with Gasteiger partial charge in [-0.2, -0.15) is 5.26 Å². The van der Waals surface area contributed by atoms with Crippen LogP contribution in [0.1, 0.15) is 50.7 Å². The van der Waals surface area contributed by atoms with Crippen LogP contribution >= 0.6 is 0 Å². The summed E-state index contributed by atoms with van der Waals surface area (Å²) in [5, 5.41) is 12.7. The maximum absolute atomic E-state index is 9.17. The maximum atomic E-state index is 9.17. The Bertz CT molecular complexity index is 390. The van der Waals surface area contributed by atoms with Gasteiger partial charge in [-0.25, -0.2) is 0 Å². The van der Waals surface area contributed by atoms with E-state index in [-0.39, 0.29) is 0 Å². The van der Waals surface area contributed by atoms with Gasteiger partial charge < -0.3 is 5.32 Å². The van der Waals surface area contributed by atoms with Crippen LogP contribution in [-0.2, 0) is 0 Å². The summed E-state index contributed by atoms with van der Waals surface area (Å²) in [7, 11) is 0. The second-order valence-electron chi connectivity index (χ2n) is 4.50. The molecular formula is C15H22N2. The Morgan fingerprint density at radius 2 is 2.12 bits per heavy atom. The number of nitriles is 1. The Morgan fingerprint density at radius 3 is 2.71 bits per heavy atom. The number of nitrogens with zero attached hydrogens (tertiary/aromatic N) is 1. The average Bonchev–Trinajstić information content (AvgIpc) is 2.34. The molecule has 1 N–H and O–H groups in total. The van der Waals surface area contributed by atoms with Crippen LogP contribution in [0.2, 0.25) is 0 Å². The molecule has 92 valence electrons. The first kappa shape index (κ1) is 13.6. The molecule has 0 spiro atoms. The second kappa shape index (κ2) is 6.96. The van der Waals surface area contributed by atoms with Crippen molar-refractivity contribution in [2.45, 2.75) is 52.5 Å². The zero-order chi connectivity index (χ0) is 12.7. The van der Waals surface area contributed by atoms with Gasteiger partial charge in [0.2, 0.25) is 0 Å². The van der Waals surface area contributed by atoms with E-state index < -0.39 is 0 Å². The summed E-state index contributed by atoms with van der Waals surface area (Å²) < 4.78 is 0. The molecule has 2 nitrogen and oxygen atoms in total. The van der Waals surface area contributed by atoms with Crippen molar-refractivity contribution in [2.75, 3.05) is 5.32 Å². The highest BCUT2D eigenvalue weighted by atomic mass is 14.9. The van der Waals surface area contributed by atoms with E-state index in [0.717, 1.165) is 23.2 Å². The molecule has 0 saturated heterocycles. The fraction of sp³-hybridized carbons (Fsp3) is 0.533. The third kappa shape index (κ3) is 3.78. The summed E-state index contributed by atoms with van der Waals surface area (Å²) in [6.45, 7) is 6.38. The molecule has 1 aromatic carbocycles. The van der Waals surface area contributed by atoms with E-state index in [4.69, 9.17) is 0 Å². The Kier molecular flexibility index (Phi) is 5.56. The molecule has 0 aliphatic heterocycles. The molecule has 0 heterocycles. The molecule has 1 atom stereocenters. The highest BCUT2D eigenvalue weighted by molar-refractivity contribution is 5.61. The van der Waals surface area contributed by atoms with E-state index in [0.29, 0.717) is 6.04 Å². The zero-order valence-corrected chi connectivity index (χ0v) is 11.1. The van der Waals surface area contributed by atoms with Gasteiger partial charge in [0.05, 0.1) is 11.3 Å². The molecule has 0 bridgehead atoms. The van der Waals surface area contributed by atoms with Crippen molar-refractivity contribution >= 4 is 5.69 Å². The van der Waals surface area contributed by atoms with Gasteiger partial charge >= 0.3 is 0 Å².